The molecule has 0 amide bonds. The van der Waals surface area contributed by atoms with E-state index >= 15 is 0 Å². The van der Waals surface area contributed by atoms with Gasteiger partial charge in [0.1, 0.15) is 0 Å². The van der Waals surface area contributed by atoms with Crippen molar-refractivity contribution in [2.45, 2.75) is 39.3 Å². The van der Waals surface area contributed by atoms with Crippen molar-refractivity contribution < 1.29 is 5.11 Å². The van der Waals surface area contributed by atoms with Gasteiger partial charge < -0.3 is 15.3 Å². The van der Waals surface area contributed by atoms with Crippen molar-refractivity contribution in [1.29, 1.82) is 0 Å². The monoisotopic (exact) mass is 338 g/mol. The number of aliphatic hydroxyl groups is 1. The first-order valence-electron chi connectivity index (χ1n) is 9.41. The van der Waals surface area contributed by atoms with E-state index in [1.54, 1.807) is 0 Å². The molecule has 2 aromatic rings. The van der Waals surface area contributed by atoms with Crippen molar-refractivity contribution in [2.24, 2.45) is 5.92 Å². The number of piperidine rings is 1. The predicted molar refractivity (Wildman–Crippen MR) is 105 cm³/mol. The summed E-state index contributed by atoms with van der Waals surface area (Å²) in [5.41, 5.74) is 5.32. The Morgan fingerprint density at radius 1 is 1.08 bits per heavy atom. The molecule has 1 aliphatic heterocycles. The first kappa shape index (κ1) is 18.0. The molecule has 1 saturated heterocycles. The lowest BCUT2D eigenvalue weighted by molar-refractivity contribution is 0.203. The van der Waals surface area contributed by atoms with E-state index < -0.39 is 0 Å². The SMILES string of the molecule is Cc1ccccc1C(C)NCc1ccc(N2CCC(CO)CC2)cc1. The molecule has 1 fully saturated rings. The third kappa shape index (κ3) is 4.62. The summed E-state index contributed by atoms with van der Waals surface area (Å²) in [5, 5.41) is 12.9. The highest BCUT2D eigenvalue weighted by Gasteiger charge is 2.18. The van der Waals surface area contributed by atoms with Crippen LogP contribution in [0, 0.1) is 12.8 Å². The summed E-state index contributed by atoms with van der Waals surface area (Å²) in [6.45, 7) is 7.70. The van der Waals surface area contributed by atoms with Crippen LogP contribution in [0.25, 0.3) is 0 Å². The third-order valence-electron chi connectivity index (χ3n) is 5.44. The van der Waals surface area contributed by atoms with Gasteiger partial charge in [0.25, 0.3) is 0 Å². The molecular formula is C22H30N2O. The molecular weight excluding hydrogens is 308 g/mol. The van der Waals surface area contributed by atoms with E-state index in [0.29, 0.717) is 18.6 Å². The maximum absolute atomic E-state index is 9.26. The Kier molecular flexibility index (Phi) is 6.11. The van der Waals surface area contributed by atoms with Gasteiger partial charge in [0.2, 0.25) is 0 Å². The molecule has 3 heteroatoms. The fourth-order valence-electron chi connectivity index (χ4n) is 3.65. The molecule has 1 heterocycles. The van der Waals surface area contributed by atoms with Crippen LogP contribution in [0.1, 0.15) is 42.5 Å². The van der Waals surface area contributed by atoms with Crippen molar-refractivity contribution in [3.8, 4) is 0 Å². The number of aliphatic hydroxyl groups excluding tert-OH is 1. The van der Waals surface area contributed by atoms with E-state index in [-0.39, 0.29) is 0 Å². The second kappa shape index (κ2) is 8.50. The molecule has 1 atom stereocenters. The third-order valence-corrected chi connectivity index (χ3v) is 5.44. The molecule has 3 rings (SSSR count). The molecule has 1 unspecified atom stereocenters. The average Bonchev–Trinajstić information content (AvgIpc) is 2.67. The summed E-state index contributed by atoms with van der Waals surface area (Å²) in [4.78, 5) is 2.43. The second-order valence-electron chi connectivity index (χ2n) is 7.24. The molecule has 0 spiro atoms. The van der Waals surface area contributed by atoms with Gasteiger partial charge in [-0.2, -0.15) is 0 Å². The molecule has 3 nitrogen and oxygen atoms in total. The van der Waals surface area contributed by atoms with Crippen molar-refractivity contribution in [3.05, 3.63) is 65.2 Å². The fourth-order valence-corrected chi connectivity index (χ4v) is 3.65. The lowest BCUT2D eigenvalue weighted by atomic mass is 9.97. The van der Waals surface area contributed by atoms with Crippen LogP contribution in [0.4, 0.5) is 5.69 Å². The minimum Gasteiger partial charge on any atom is -0.396 e. The minimum absolute atomic E-state index is 0.331. The van der Waals surface area contributed by atoms with Gasteiger partial charge in [-0.15, -0.1) is 0 Å². The Bertz CT molecular complexity index is 660. The van der Waals surface area contributed by atoms with E-state index in [1.165, 1.54) is 22.4 Å². The lowest BCUT2D eigenvalue weighted by Crippen LogP contribution is -2.34. The first-order chi connectivity index (χ1) is 12.2. The van der Waals surface area contributed by atoms with Crippen LogP contribution in [-0.2, 0) is 6.54 Å². The van der Waals surface area contributed by atoms with Crippen LogP contribution in [0.15, 0.2) is 48.5 Å². The summed E-state index contributed by atoms with van der Waals surface area (Å²) >= 11 is 0. The van der Waals surface area contributed by atoms with E-state index in [2.05, 4.69) is 72.6 Å². The van der Waals surface area contributed by atoms with Gasteiger partial charge in [0.15, 0.2) is 0 Å². The minimum atomic E-state index is 0.331. The zero-order chi connectivity index (χ0) is 17.6. The van der Waals surface area contributed by atoms with E-state index in [1.807, 2.05) is 0 Å². The van der Waals surface area contributed by atoms with Crippen molar-refractivity contribution >= 4 is 5.69 Å². The quantitative estimate of drug-likeness (QED) is 0.834. The zero-order valence-electron chi connectivity index (χ0n) is 15.4. The number of anilines is 1. The molecule has 1 aliphatic rings. The first-order valence-corrected chi connectivity index (χ1v) is 9.41. The second-order valence-corrected chi connectivity index (χ2v) is 7.24. The maximum atomic E-state index is 9.26. The molecule has 2 N–H and O–H groups in total. The van der Waals surface area contributed by atoms with Gasteiger partial charge >= 0.3 is 0 Å². The van der Waals surface area contributed by atoms with Crippen molar-refractivity contribution in [3.63, 3.8) is 0 Å². The van der Waals surface area contributed by atoms with E-state index in [9.17, 15) is 5.11 Å². The summed E-state index contributed by atoms with van der Waals surface area (Å²) in [5.74, 6) is 0.489. The highest BCUT2D eigenvalue weighted by molar-refractivity contribution is 5.48. The van der Waals surface area contributed by atoms with Gasteiger partial charge in [-0.25, -0.2) is 0 Å². The highest BCUT2D eigenvalue weighted by atomic mass is 16.3. The van der Waals surface area contributed by atoms with Crippen LogP contribution >= 0.6 is 0 Å². The summed E-state index contributed by atoms with van der Waals surface area (Å²) in [6, 6.07) is 17.8. The zero-order valence-corrected chi connectivity index (χ0v) is 15.4. The van der Waals surface area contributed by atoms with Gasteiger partial charge in [-0.1, -0.05) is 36.4 Å². The number of nitrogens with zero attached hydrogens (tertiary/aromatic N) is 1. The normalized spacial score (nSPS) is 16.8. The topological polar surface area (TPSA) is 35.5 Å². The molecule has 0 bridgehead atoms. The Morgan fingerprint density at radius 2 is 1.76 bits per heavy atom. The van der Waals surface area contributed by atoms with Crippen LogP contribution in [0.5, 0.6) is 0 Å². The van der Waals surface area contributed by atoms with Gasteiger partial charge in [-0.3, -0.25) is 0 Å². The standard InChI is InChI=1S/C22H30N2O/c1-17-5-3-4-6-22(17)18(2)23-15-19-7-9-21(10-8-19)24-13-11-20(16-25)12-14-24/h3-10,18,20,23,25H,11-16H2,1-2H3. The Labute approximate surface area is 151 Å². The maximum Gasteiger partial charge on any atom is 0.0460 e. The molecule has 0 aromatic heterocycles. The molecule has 134 valence electrons. The number of hydrogen-bond donors (Lipinski definition) is 2. The largest absolute Gasteiger partial charge is 0.396 e. The van der Waals surface area contributed by atoms with Crippen molar-refractivity contribution in [1.82, 2.24) is 5.32 Å². The van der Waals surface area contributed by atoms with Crippen LogP contribution < -0.4 is 10.2 Å². The van der Waals surface area contributed by atoms with Crippen LogP contribution in [-0.4, -0.2) is 24.8 Å². The molecule has 0 saturated carbocycles. The number of benzene rings is 2. The van der Waals surface area contributed by atoms with Crippen LogP contribution in [0.3, 0.4) is 0 Å². The summed E-state index contributed by atoms with van der Waals surface area (Å²) in [7, 11) is 0. The lowest BCUT2D eigenvalue weighted by Gasteiger charge is -2.33. The molecule has 2 aromatic carbocycles. The molecule has 25 heavy (non-hydrogen) atoms. The Hall–Kier alpha value is -1.84. The highest BCUT2D eigenvalue weighted by Crippen LogP contribution is 2.23. The number of aryl methyl sites for hydroxylation is 1. The molecule has 0 aliphatic carbocycles. The smallest absolute Gasteiger partial charge is 0.0460 e. The number of nitrogens with one attached hydrogen (secondary N) is 1. The fraction of sp³-hybridized carbons (Fsp3) is 0.455. The van der Waals surface area contributed by atoms with Gasteiger partial charge in [0.05, 0.1) is 0 Å². The van der Waals surface area contributed by atoms with Crippen LogP contribution in [0.2, 0.25) is 0 Å². The summed E-state index contributed by atoms with van der Waals surface area (Å²) in [6.07, 6.45) is 2.18. The van der Waals surface area contributed by atoms with E-state index in [0.717, 1.165) is 32.5 Å². The summed E-state index contributed by atoms with van der Waals surface area (Å²) < 4.78 is 0. The van der Waals surface area contributed by atoms with E-state index in [4.69, 9.17) is 0 Å². The predicted octanol–water partition coefficient (Wildman–Crippen LogP) is 4.05. The van der Waals surface area contributed by atoms with Gasteiger partial charge in [-0.05, 0) is 61.4 Å². The molecule has 0 radical (unpaired) electrons. The Balaban J connectivity index is 1.54. The average molecular weight is 338 g/mol. The Morgan fingerprint density at radius 3 is 2.40 bits per heavy atom. The van der Waals surface area contributed by atoms with Crippen molar-refractivity contribution in [2.75, 3.05) is 24.6 Å². The number of hydrogen-bond acceptors (Lipinski definition) is 3. The number of rotatable bonds is 6. The van der Waals surface area contributed by atoms with Gasteiger partial charge in [0, 0.05) is 38.0 Å².